The molecule has 2 aromatic carbocycles. The first kappa shape index (κ1) is 20.7. The Morgan fingerprint density at radius 2 is 1.83 bits per heavy atom. The fourth-order valence-corrected chi connectivity index (χ4v) is 4.17. The van der Waals surface area contributed by atoms with Crippen LogP contribution in [-0.4, -0.2) is 22.8 Å². The second-order valence-corrected chi connectivity index (χ2v) is 8.56. The van der Waals surface area contributed by atoms with Gasteiger partial charge in [-0.1, -0.05) is 37.3 Å². The van der Waals surface area contributed by atoms with Crippen molar-refractivity contribution in [3.63, 3.8) is 0 Å². The van der Waals surface area contributed by atoms with E-state index in [2.05, 4.69) is 6.92 Å². The summed E-state index contributed by atoms with van der Waals surface area (Å²) in [7, 11) is 0. The van der Waals surface area contributed by atoms with E-state index in [4.69, 9.17) is 15.5 Å². The van der Waals surface area contributed by atoms with Gasteiger partial charge in [0, 0.05) is 31.5 Å². The molecule has 0 unspecified atom stereocenters. The van der Waals surface area contributed by atoms with Crippen LogP contribution in [-0.2, 0) is 16.8 Å². The quantitative estimate of drug-likeness (QED) is 0.652. The van der Waals surface area contributed by atoms with E-state index in [1.165, 1.54) is 6.07 Å². The molecule has 30 heavy (non-hydrogen) atoms. The molecular formula is C24H27F2N3O. The highest BCUT2D eigenvalue weighted by molar-refractivity contribution is 5.60. The highest BCUT2D eigenvalue weighted by Crippen LogP contribution is 2.45. The lowest BCUT2D eigenvalue weighted by atomic mass is 9.67. The van der Waals surface area contributed by atoms with Crippen LogP contribution in [0.25, 0.3) is 11.3 Å². The van der Waals surface area contributed by atoms with Crippen LogP contribution < -0.4 is 5.73 Å². The Kier molecular flexibility index (Phi) is 5.47. The average molecular weight is 411 g/mol. The van der Waals surface area contributed by atoms with Crippen molar-refractivity contribution in [2.24, 2.45) is 11.1 Å². The summed E-state index contributed by atoms with van der Waals surface area (Å²) >= 11 is 0. The molecule has 6 heteroatoms. The highest BCUT2D eigenvalue weighted by Gasteiger charge is 2.46. The summed E-state index contributed by atoms with van der Waals surface area (Å²) in [5.41, 5.74) is 7.53. The molecule has 0 amide bonds. The van der Waals surface area contributed by atoms with Gasteiger partial charge in [0.25, 0.3) is 0 Å². The van der Waals surface area contributed by atoms with Gasteiger partial charge in [-0.2, -0.15) is 0 Å². The molecule has 0 saturated carbocycles. The molecule has 1 aromatic heterocycles. The van der Waals surface area contributed by atoms with E-state index in [-0.39, 0.29) is 11.0 Å². The van der Waals surface area contributed by atoms with E-state index in [0.717, 1.165) is 30.5 Å². The van der Waals surface area contributed by atoms with Crippen molar-refractivity contribution in [3.8, 4) is 11.3 Å². The minimum Gasteiger partial charge on any atom is -0.381 e. The van der Waals surface area contributed by atoms with Gasteiger partial charge in [-0.05, 0) is 48.9 Å². The van der Waals surface area contributed by atoms with Gasteiger partial charge in [0.2, 0.25) is 0 Å². The number of aromatic nitrogens is 2. The van der Waals surface area contributed by atoms with Gasteiger partial charge in [-0.3, -0.25) is 0 Å². The molecular weight excluding hydrogens is 384 g/mol. The Morgan fingerprint density at radius 1 is 1.13 bits per heavy atom. The zero-order chi connectivity index (χ0) is 21.4. The summed E-state index contributed by atoms with van der Waals surface area (Å²) in [5.74, 6) is -0.352. The Balaban J connectivity index is 1.83. The second kappa shape index (κ2) is 7.93. The normalized spacial score (nSPS) is 18.2. The molecule has 0 radical (unpaired) electrons. The minimum absolute atomic E-state index is 0.135. The fourth-order valence-electron chi connectivity index (χ4n) is 4.17. The third kappa shape index (κ3) is 3.77. The molecule has 0 bridgehead atoms. The van der Waals surface area contributed by atoms with Crippen molar-refractivity contribution >= 4 is 0 Å². The van der Waals surface area contributed by atoms with Crippen LogP contribution in [0.2, 0.25) is 0 Å². The van der Waals surface area contributed by atoms with Crippen LogP contribution in [0.3, 0.4) is 0 Å². The molecule has 0 aliphatic carbocycles. The van der Waals surface area contributed by atoms with Crippen LogP contribution in [0.5, 0.6) is 0 Å². The lowest BCUT2D eigenvalue weighted by molar-refractivity contribution is -0.0194. The van der Waals surface area contributed by atoms with Gasteiger partial charge in [0.1, 0.15) is 17.5 Å². The first-order valence-electron chi connectivity index (χ1n) is 10.2. The lowest BCUT2D eigenvalue weighted by Gasteiger charge is -2.46. The van der Waals surface area contributed by atoms with Crippen LogP contribution in [0.4, 0.5) is 8.78 Å². The number of rotatable bonds is 5. The Bertz CT molecular complexity index is 1020. The molecule has 158 valence electrons. The van der Waals surface area contributed by atoms with E-state index < -0.39 is 17.2 Å². The van der Waals surface area contributed by atoms with E-state index in [0.29, 0.717) is 31.3 Å². The lowest BCUT2D eigenvalue weighted by Crippen LogP contribution is -2.53. The van der Waals surface area contributed by atoms with Crippen LogP contribution in [0.15, 0.2) is 54.7 Å². The largest absolute Gasteiger partial charge is 0.381 e. The summed E-state index contributed by atoms with van der Waals surface area (Å²) in [6.07, 6.45) is 3.39. The molecule has 1 aliphatic rings. The summed E-state index contributed by atoms with van der Waals surface area (Å²) in [5, 5.41) is 0. The van der Waals surface area contributed by atoms with Crippen molar-refractivity contribution in [1.82, 2.24) is 9.55 Å². The minimum atomic E-state index is -0.784. The van der Waals surface area contributed by atoms with Gasteiger partial charge >= 0.3 is 0 Å². The maximum atomic E-state index is 14.5. The molecule has 1 fully saturated rings. The third-order valence-corrected chi connectivity index (χ3v) is 6.49. The molecule has 4 nitrogen and oxygen atoms in total. The SMILES string of the molecule is CC1([C@](C)(N)c2nc(-c3cc(F)ccc3F)cn2Cc2ccccc2)CCOCC1. The number of halogens is 2. The Labute approximate surface area is 175 Å². The van der Waals surface area contributed by atoms with Crippen molar-refractivity contribution < 1.29 is 13.5 Å². The summed E-state index contributed by atoms with van der Waals surface area (Å²) in [6.45, 7) is 5.97. The second-order valence-electron chi connectivity index (χ2n) is 8.56. The Hall–Kier alpha value is -2.57. The molecule has 1 aliphatic heterocycles. The molecule has 3 aromatic rings. The smallest absolute Gasteiger partial charge is 0.132 e. The van der Waals surface area contributed by atoms with Gasteiger partial charge in [-0.15, -0.1) is 0 Å². The molecule has 0 spiro atoms. The molecule has 4 rings (SSSR count). The van der Waals surface area contributed by atoms with Crippen LogP contribution in [0, 0.1) is 17.0 Å². The van der Waals surface area contributed by atoms with Crippen LogP contribution in [0.1, 0.15) is 38.1 Å². The number of benzene rings is 2. The molecule has 1 atom stereocenters. The zero-order valence-corrected chi connectivity index (χ0v) is 17.4. The van der Waals surface area contributed by atoms with E-state index in [9.17, 15) is 8.78 Å². The third-order valence-electron chi connectivity index (χ3n) is 6.49. The zero-order valence-electron chi connectivity index (χ0n) is 17.4. The highest BCUT2D eigenvalue weighted by atomic mass is 19.1. The monoisotopic (exact) mass is 411 g/mol. The van der Waals surface area contributed by atoms with Gasteiger partial charge < -0.3 is 15.0 Å². The molecule has 1 saturated heterocycles. The Morgan fingerprint density at radius 3 is 2.53 bits per heavy atom. The first-order valence-corrected chi connectivity index (χ1v) is 10.2. The number of imidazole rings is 1. The van der Waals surface area contributed by atoms with Crippen LogP contribution >= 0.6 is 0 Å². The average Bonchev–Trinajstić information content (AvgIpc) is 3.15. The first-order chi connectivity index (χ1) is 14.3. The van der Waals surface area contributed by atoms with E-state index >= 15 is 0 Å². The number of hydrogen-bond acceptors (Lipinski definition) is 3. The predicted octanol–water partition coefficient (Wildman–Crippen LogP) is 4.87. The number of nitrogens with two attached hydrogens (primary N) is 1. The van der Waals surface area contributed by atoms with Gasteiger partial charge in [-0.25, -0.2) is 13.8 Å². The maximum absolute atomic E-state index is 14.5. The summed E-state index contributed by atoms with van der Waals surface area (Å²) in [6, 6.07) is 13.4. The van der Waals surface area contributed by atoms with Gasteiger partial charge in [0.15, 0.2) is 0 Å². The molecule has 2 heterocycles. The topological polar surface area (TPSA) is 53.1 Å². The fraction of sp³-hybridized carbons (Fsp3) is 0.375. The van der Waals surface area contributed by atoms with Crippen molar-refractivity contribution in [2.75, 3.05) is 13.2 Å². The summed E-state index contributed by atoms with van der Waals surface area (Å²) < 4.78 is 35.8. The standard InChI is InChI=1S/C24H27F2N3O/c1-23(10-12-30-13-11-23)24(2,27)22-28-21(19-14-18(25)8-9-20(19)26)16-29(22)15-17-6-4-3-5-7-17/h3-9,14,16H,10-13,15,27H2,1-2H3/t24-/m1/s1. The van der Waals surface area contributed by atoms with Crippen molar-refractivity contribution in [2.45, 2.75) is 38.8 Å². The van der Waals surface area contributed by atoms with Crippen molar-refractivity contribution in [1.29, 1.82) is 0 Å². The van der Waals surface area contributed by atoms with E-state index in [1.807, 2.05) is 41.8 Å². The number of nitrogens with zero attached hydrogens (tertiary/aromatic N) is 2. The maximum Gasteiger partial charge on any atom is 0.132 e. The number of hydrogen-bond donors (Lipinski definition) is 1. The number of ether oxygens (including phenoxy) is 1. The van der Waals surface area contributed by atoms with Gasteiger partial charge in [0.05, 0.1) is 11.2 Å². The predicted molar refractivity (Wildman–Crippen MR) is 113 cm³/mol. The van der Waals surface area contributed by atoms with Crippen molar-refractivity contribution in [3.05, 3.63) is 77.8 Å². The molecule has 2 N–H and O–H groups in total. The van der Waals surface area contributed by atoms with E-state index in [1.54, 1.807) is 6.20 Å². The summed E-state index contributed by atoms with van der Waals surface area (Å²) in [4.78, 5) is 4.76.